The van der Waals surface area contributed by atoms with Crippen LogP contribution in [0.25, 0.3) is 10.2 Å². The minimum absolute atomic E-state index is 0.140. The number of thiazole rings is 1. The molecule has 2 aromatic heterocycles. The van der Waals surface area contributed by atoms with Crippen LogP contribution in [-0.2, 0) is 0 Å². The van der Waals surface area contributed by atoms with Crippen LogP contribution in [0.3, 0.4) is 0 Å². The number of carbonyl (C=O) groups excluding carboxylic acids is 1. The molecule has 3 rings (SSSR count). The smallest absolute Gasteiger partial charge is 0.280 e. The molecule has 0 unspecified atom stereocenters. The average molecular weight is 406 g/mol. The molecule has 1 amide bonds. The average Bonchev–Trinajstić information content (AvgIpc) is 3.25. The van der Waals surface area contributed by atoms with Crippen molar-refractivity contribution in [2.24, 2.45) is 0 Å². The van der Waals surface area contributed by atoms with Crippen LogP contribution in [0.2, 0.25) is 5.02 Å². The first kappa shape index (κ1) is 19.8. The van der Waals surface area contributed by atoms with E-state index in [1.807, 2.05) is 58.1 Å². The van der Waals surface area contributed by atoms with E-state index in [0.29, 0.717) is 22.4 Å². The zero-order valence-electron chi connectivity index (χ0n) is 16.2. The predicted octanol–water partition coefficient (Wildman–Crippen LogP) is 4.24. The van der Waals surface area contributed by atoms with Gasteiger partial charge in [-0.05, 0) is 58.6 Å². The van der Waals surface area contributed by atoms with Gasteiger partial charge >= 0.3 is 0 Å². The van der Waals surface area contributed by atoms with Crippen molar-refractivity contribution in [1.82, 2.24) is 19.7 Å². The highest BCUT2D eigenvalue weighted by molar-refractivity contribution is 7.22. The van der Waals surface area contributed by atoms with Crippen molar-refractivity contribution in [2.45, 2.75) is 26.8 Å². The van der Waals surface area contributed by atoms with E-state index in [9.17, 15) is 4.79 Å². The molecule has 27 heavy (non-hydrogen) atoms. The van der Waals surface area contributed by atoms with Crippen LogP contribution in [0.5, 0.6) is 0 Å². The van der Waals surface area contributed by atoms with Crippen molar-refractivity contribution in [3.05, 3.63) is 40.7 Å². The Bertz CT molecular complexity index is 962. The first-order valence-electron chi connectivity index (χ1n) is 8.85. The number of fused-ring (bicyclic) bond motifs is 1. The van der Waals surface area contributed by atoms with Crippen molar-refractivity contribution >= 4 is 44.2 Å². The molecular weight excluding hydrogens is 382 g/mol. The first-order chi connectivity index (χ1) is 12.8. The molecule has 0 atom stereocenters. The summed E-state index contributed by atoms with van der Waals surface area (Å²) in [5, 5.41) is 5.79. The summed E-state index contributed by atoms with van der Waals surface area (Å²) < 4.78 is 2.81. The number of nitrogens with zero attached hydrogens (tertiary/aromatic N) is 5. The Morgan fingerprint density at radius 3 is 2.63 bits per heavy atom. The molecule has 2 heterocycles. The SMILES string of the molecule is Cc1c(Cl)ccc2sc(N(CCN(C)C)C(=O)c3ccn(C(C)C)n3)nc12. The van der Waals surface area contributed by atoms with Crippen molar-refractivity contribution in [1.29, 1.82) is 0 Å². The van der Waals surface area contributed by atoms with Crippen molar-refractivity contribution in [3.8, 4) is 0 Å². The maximum Gasteiger partial charge on any atom is 0.280 e. The molecule has 0 aliphatic heterocycles. The summed E-state index contributed by atoms with van der Waals surface area (Å²) in [6.07, 6.45) is 1.84. The maximum atomic E-state index is 13.2. The summed E-state index contributed by atoms with van der Waals surface area (Å²) in [4.78, 5) is 21.7. The number of likely N-dealkylation sites (N-methyl/N-ethyl adjacent to an activating group) is 1. The number of halogens is 1. The zero-order chi connectivity index (χ0) is 19.7. The number of amides is 1. The highest BCUT2D eigenvalue weighted by Crippen LogP contribution is 2.34. The van der Waals surface area contributed by atoms with Gasteiger partial charge in [-0.1, -0.05) is 22.9 Å². The second-order valence-electron chi connectivity index (χ2n) is 7.05. The highest BCUT2D eigenvalue weighted by Gasteiger charge is 2.24. The Labute approximate surface area is 168 Å². The number of anilines is 1. The van der Waals surface area contributed by atoms with E-state index < -0.39 is 0 Å². The molecule has 0 aliphatic carbocycles. The molecule has 8 heteroatoms. The summed E-state index contributed by atoms with van der Waals surface area (Å²) >= 11 is 7.73. The third-order valence-electron chi connectivity index (χ3n) is 4.34. The van der Waals surface area contributed by atoms with Gasteiger partial charge in [-0.25, -0.2) is 4.98 Å². The molecular formula is C19H24ClN5OS. The van der Waals surface area contributed by atoms with Gasteiger partial charge in [0.25, 0.3) is 5.91 Å². The molecule has 0 aliphatic rings. The maximum absolute atomic E-state index is 13.2. The number of hydrogen-bond acceptors (Lipinski definition) is 5. The van der Waals surface area contributed by atoms with Crippen LogP contribution in [0.15, 0.2) is 24.4 Å². The fourth-order valence-corrected chi connectivity index (χ4v) is 3.87. The van der Waals surface area contributed by atoms with E-state index in [2.05, 4.69) is 5.10 Å². The lowest BCUT2D eigenvalue weighted by molar-refractivity contribution is 0.0979. The Hall–Kier alpha value is -1.96. The van der Waals surface area contributed by atoms with Crippen molar-refractivity contribution in [2.75, 3.05) is 32.1 Å². The quantitative estimate of drug-likeness (QED) is 0.615. The number of carbonyl (C=O) groups is 1. The Balaban J connectivity index is 1.99. The van der Waals surface area contributed by atoms with Gasteiger partial charge in [-0.2, -0.15) is 5.10 Å². The second-order valence-corrected chi connectivity index (χ2v) is 8.47. The molecule has 0 fully saturated rings. The van der Waals surface area contributed by atoms with Crippen LogP contribution in [0.1, 0.15) is 35.9 Å². The Morgan fingerprint density at radius 1 is 1.26 bits per heavy atom. The highest BCUT2D eigenvalue weighted by atomic mass is 35.5. The third-order valence-corrected chi connectivity index (χ3v) is 5.79. The van der Waals surface area contributed by atoms with E-state index >= 15 is 0 Å². The first-order valence-corrected chi connectivity index (χ1v) is 10.0. The normalized spacial score (nSPS) is 11.7. The minimum Gasteiger partial charge on any atom is -0.308 e. The lowest BCUT2D eigenvalue weighted by Gasteiger charge is -2.21. The predicted molar refractivity (Wildman–Crippen MR) is 112 cm³/mol. The molecule has 0 N–H and O–H groups in total. The molecule has 0 saturated heterocycles. The van der Waals surface area contributed by atoms with Gasteiger partial charge in [0.05, 0.1) is 10.2 Å². The van der Waals surface area contributed by atoms with E-state index in [1.165, 1.54) is 11.3 Å². The van der Waals surface area contributed by atoms with Crippen LogP contribution < -0.4 is 4.90 Å². The van der Waals surface area contributed by atoms with Crippen molar-refractivity contribution < 1.29 is 4.79 Å². The van der Waals surface area contributed by atoms with E-state index in [4.69, 9.17) is 16.6 Å². The fraction of sp³-hybridized carbons (Fsp3) is 0.421. The molecule has 0 spiro atoms. The number of hydrogen-bond donors (Lipinski definition) is 0. The van der Waals surface area contributed by atoms with E-state index in [-0.39, 0.29) is 11.9 Å². The molecule has 0 saturated carbocycles. The van der Waals surface area contributed by atoms with Crippen LogP contribution >= 0.6 is 22.9 Å². The van der Waals surface area contributed by atoms with Gasteiger partial charge in [0.2, 0.25) is 0 Å². The summed E-state index contributed by atoms with van der Waals surface area (Å²) in [6, 6.07) is 5.79. The van der Waals surface area contributed by atoms with Gasteiger partial charge in [-0.3, -0.25) is 14.4 Å². The number of benzene rings is 1. The summed E-state index contributed by atoms with van der Waals surface area (Å²) in [6.45, 7) is 7.28. The molecule has 0 radical (unpaired) electrons. The number of aromatic nitrogens is 3. The number of aryl methyl sites for hydroxylation is 1. The topological polar surface area (TPSA) is 54.3 Å². The summed E-state index contributed by atoms with van der Waals surface area (Å²) in [5.74, 6) is -0.140. The molecule has 6 nitrogen and oxygen atoms in total. The summed E-state index contributed by atoms with van der Waals surface area (Å²) in [7, 11) is 3.97. The van der Waals surface area contributed by atoms with Crippen molar-refractivity contribution in [3.63, 3.8) is 0 Å². The number of rotatable bonds is 6. The monoisotopic (exact) mass is 405 g/mol. The van der Waals surface area contributed by atoms with E-state index in [1.54, 1.807) is 15.6 Å². The molecule has 1 aromatic carbocycles. The third kappa shape index (κ3) is 4.15. The minimum atomic E-state index is -0.140. The lowest BCUT2D eigenvalue weighted by Crippen LogP contribution is -2.37. The molecule has 3 aromatic rings. The van der Waals surface area contributed by atoms with E-state index in [0.717, 1.165) is 22.3 Å². The van der Waals surface area contributed by atoms with Gasteiger partial charge in [0, 0.05) is 30.4 Å². The summed E-state index contributed by atoms with van der Waals surface area (Å²) in [5.41, 5.74) is 2.20. The van der Waals surface area contributed by atoms with Gasteiger partial charge in [-0.15, -0.1) is 0 Å². The Kier molecular flexibility index (Phi) is 5.83. The molecule has 0 bridgehead atoms. The van der Waals surface area contributed by atoms with Crippen LogP contribution in [0.4, 0.5) is 5.13 Å². The van der Waals surface area contributed by atoms with Gasteiger partial charge in [0.15, 0.2) is 10.8 Å². The zero-order valence-corrected chi connectivity index (χ0v) is 17.8. The van der Waals surface area contributed by atoms with Gasteiger partial charge in [0.1, 0.15) is 0 Å². The lowest BCUT2D eigenvalue weighted by atomic mass is 10.2. The van der Waals surface area contributed by atoms with Crippen LogP contribution in [-0.4, -0.2) is 52.8 Å². The largest absolute Gasteiger partial charge is 0.308 e. The second kappa shape index (κ2) is 7.96. The van der Waals surface area contributed by atoms with Crippen LogP contribution in [0, 0.1) is 6.92 Å². The molecule has 144 valence electrons. The van der Waals surface area contributed by atoms with Gasteiger partial charge < -0.3 is 4.90 Å². The fourth-order valence-electron chi connectivity index (χ4n) is 2.67. The Morgan fingerprint density at radius 2 is 2.00 bits per heavy atom. The standard InChI is InChI=1S/C19H24ClN5OS/c1-12(2)25-9-8-15(22-25)18(26)24(11-10-23(4)5)19-21-17-13(3)14(20)6-7-16(17)27-19/h6-9,12H,10-11H2,1-5H3.